The van der Waals surface area contributed by atoms with Crippen molar-refractivity contribution in [2.75, 3.05) is 18.2 Å². The second kappa shape index (κ2) is 7.92. The van der Waals surface area contributed by atoms with Crippen LogP contribution in [-0.4, -0.2) is 34.0 Å². The first kappa shape index (κ1) is 17.2. The molecule has 0 fully saturated rings. The number of esters is 1. The molecule has 0 unspecified atom stereocenters. The van der Waals surface area contributed by atoms with Crippen molar-refractivity contribution in [3.8, 4) is 0 Å². The average Bonchev–Trinajstić information content (AvgIpc) is 2.54. The highest BCUT2D eigenvalue weighted by Gasteiger charge is 2.18. The van der Waals surface area contributed by atoms with Crippen molar-refractivity contribution in [3.05, 3.63) is 40.6 Å². The molecule has 0 radical (unpaired) electrons. The molecule has 6 nitrogen and oxygen atoms in total. The standard InChI is InChI=1S/C16H20N4O2S/c1-5-22-15(21)13-14(18-16(23-4)20-19-13)17-9-12-7-6-10(2)8-11(12)3/h6-8H,5,9H2,1-4H3,(H,17,18,20). The summed E-state index contributed by atoms with van der Waals surface area (Å²) in [6.45, 7) is 6.69. The summed E-state index contributed by atoms with van der Waals surface area (Å²) in [5, 5.41) is 11.5. The predicted molar refractivity (Wildman–Crippen MR) is 90.8 cm³/mol. The number of hydrogen-bond acceptors (Lipinski definition) is 7. The van der Waals surface area contributed by atoms with Crippen LogP contribution in [0.3, 0.4) is 0 Å². The third-order valence-corrected chi connectivity index (χ3v) is 3.80. The number of anilines is 1. The van der Waals surface area contributed by atoms with E-state index < -0.39 is 5.97 Å². The Morgan fingerprint density at radius 1 is 1.30 bits per heavy atom. The van der Waals surface area contributed by atoms with Crippen LogP contribution in [-0.2, 0) is 11.3 Å². The number of aromatic nitrogens is 3. The van der Waals surface area contributed by atoms with Crippen molar-refractivity contribution < 1.29 is 9.53 Å². The number of benzene rings is 1. The van der Waals surface area contributed by atoms with Crippen molar-refractivity contribution in [2.45, 2.75) is 32.5 Å². The molecule has 0 amide bonds. The predicted octanol–water partition coefficient (Wildman–Crippen LogP) is 3.00. The van der Waals surface area contributed by atoms with E-state index >= 15 is 0 Å². The summed E-state index contributed by atoms with van der Waals surface area (Å²) >= 11 is 1.37. The minimum atomic E-state index is -0.525. The minimum absolute atomic E-state index is 0.106. The van der Waals surface area contributed by atoms with Crippen LogP contribution < -0.4 is 5.32 Å². The lowest BCUT2D eigenvalue weighted by Gasteiger charge is -2.12. The minimum Gasteiger partial charge on any atom is -0.461 e. The third-order valence-electron chi connectivity index (χ3n) is 3.26. The SMILES string of the molecule is CCOC(=O)c1nnc(SC)nc1NCc1ccc(C)cc1C. The molecule has 0 saturated heterocycles. The quantitative estimate of drug-likeness (QED) is 0.643. The molecule has 1 aromatic carbocycles. The molecule has 2 rings (SSSR count). The average molecular weight is 332 g/mol. The van der Waals surface area contributed by atoms with Crippen molar-refractivity contribution in [2.24, 2.45) is 0 Å². The molecule has 0 aliphatic carbocycles. The molecule has 2 aromatic rings. The van der Waals surface area contributed by atoms with Crippen LogP contribution in [0.25, 0.3) is 0 Å². The number of nitrogens with zero attached hydrogens (tertiary/aromatic N) is 3. The molecule has 1 heterocycles. The van der Waals surface area contributed by atoms with Crippen molar-refractivity contribution in [1.29, 1.82) is 0 Å². The summed E-state index contributed by atoms with van der Waals surface area (Å²) in [7, 11) is 0. The zero-order chi connectivity index (χ0) is 16.8. The molecule has 122 valence electrons. The van der Waals surface area contributed by atoms with Gasteiger partial charge in [-0.3, -0.25) is 0 Å². The molecule has 0 aliphatic heterocycles. The number of ether oxygens (including phenoxy) is 1. The number of rotatable bonds is 6. The largest absolute Gasteiger partial charge is 0.461 e. The van der Waals surface area contributed by atoms with Gasteiger partial charge in [0.1, 0.15) is 0 Å². The lowest BCUT2D eigenvalue weighted by molar-refractivity contribution is 0.0518. The molecule has 0 atom stereocenters. The summed E-state index contributed by atoms with van der Waals surface area (Å²) < 4.78 is 5.01. The van der Waals surface area contributed by atoms with Gasteiger partial charge in [-0.25, -0.2) is 9.78 Å². The topological polar surface area (TPSA) is 77.0 Å². The van der Waals surface area contributed by atoms with Gasteiger partial charge in [-0.1, -0.05) is 35.5 Å². The Morgan fingerprint density at radius 3 is 2.74 bits per heavy atom. The van der Waals surface area contributed by atoms with Crippen LogP contribution in [0.2, 0.25) is 0 Å². The summed E-state index contributed by atoms with van der Waals surface area (Å²) in [4.78, 5) is 16.3. The van der Waals surface area contributed by atoms with Crippen LogP contribution in [0.4, 0.5) is 5.82 Å². The summed E-state index contributed by atoms with van der Waals surface area (Å²) in [6, 6.07) is 6.24. The van der Waals surface area contributed by atoms with E-state index in [0.29, 0.717) is 17.5 Å². The highest BCUT2D eigenvalue weighted by molar-refractivity contribution is 7.98. The first-order chi connectivity index (χ1) is 11.0. The fourth-order valence-electron chi connectivity index (χ4n) is 2.08. The van der Waals surface area contributed by atoms with E-state index in [1.54, 1.807) is 6.92 Å². The maximum atomic E-state index is 12.0. The van der Waals surface area contributed by atoms with Gasteiger partial charge in [0.2, 0.25) is 10.9 Å². The van der Waals surface area contributed by atoms with E-state index in [1.807, 2.05) is 6.26 Å². The van der Waals surface area contributed by atoms with Gasteiger partial charge in [-0.15, -0.1) is 10.2 Å². The Bertz CT molecular complexity index is 706. The van der Waals surface area contributed by atoms with Crippen molar-refractivity contribution in [3.63, 3.8) is 0 Å². The molecule has 1 aromatic heterocycles. The molecular formula is C16H20N4O2S. The van der Waals surface area contributed by atoms with Crippen molar-refractivity contribution in [1.82, 2.24) is 15.2 Å². The maximum Gasteiger partial charge on any atom is 0.362 e. The number of carbonyl (C=O) groups is 1. The number of hydrogen-bond donors (Lipinski definition) is 1. The van der Waals surface area contributed by atoms with Gasteiger partial charge in [0.25, 0.3) is 0 Å². The molecule has 0 spiro atoms. The second-order valence-electron chi connectivity index (χ2n) is 5.00. The Kier molecular flexibility index (Phi) is 5.92. The molecule has 0 aliphatic rings. The molecular weight excluding hydrogens is 312 g/mol. The molecule has 0 bridgehead atoms. The lowest BCUT2D eigenvalue weighted by atomic mass is 10.1. The van der Waals surface area contributed by atoms with Gasteiger partial charge in [-0.2, -0.15) is 0 Å². The normalized spacial score (nSPS) is 10.4. The van der Waals surface area contributed by atoms with Gasteiger partial charge in [0.15, 0.2) is 5.82 Å². The zero-order valence-corrected chi connectivity index (χ0v) is 14.5. The monoisotopic (exact) mass is 332 g/mol. The van der Waals surface area contributed by atoms with E-state index in [9.17, 15) is 4.79 Å². The highest BCUT2D eigenvalue weighted by Crippen LogP contribution is 2.18. The number of carbonyl (C=O) groups excluding carboxylic acids is 1. The smallest absolute Gasteiger partial charge is 0.362 e. The number of thioether (sulfide) groups is 1. The van der Waals surface area contributed by atoms with Gasteiger partial charge >= 0.3 is 5.97 Å². The number of aryl methyl sites for hydroxylation is 2. The first-order valence-corrected chi connectivity index (χ1v) is 8.53. The van der Waals surface area contributed by atoms with Gasteiger partial charge in [0.05, 0.1) is 6.61 Å². The second-order valence-corrected chi connectivity index (χ2v) is 5.77. The molecule has 1 N–H and O–H groups in total. The fourth-order valence-corrected chi connectivity index (χ4v) is 2.39. The van der Waals surface area contributed by atoms with Crippen LogP contribution >= 0.6 is 11.8 Å². The van der Waals surface area contributed by atoms with E-state index in [0.717, 1.165) is 5.56 Å². The number of nitrogens with one attached hydrogen (secondary N) is 1. The van der Waals surface area contributed by atoms with E-state index in [2.05, 4.69) is 52.5 Å². The van der Waals surface area contributed by atoms with Crippen molar-refractivity contribution >= 4 is 23.5 Å². The summed E-state index contributed by atoms with van der Waals surface area (Å²) in [5.41, 5.74) is 3.64. The van der Waals surface area contributed by atoms with Crippen LogP contribution in [0.5, 0.6) is 0 Å². The molecule has 23 heavy (non-hydrogen) atoms. The maximum absolute atomic E-state index is 12.0. The van der Waals surface area contributed by atoms with Crippen LogP contribution in [0, 0.1) is 13.8 Å². The Balaban J connectivity index is 2.24. The summed E-state index contributed by atoms with van der Waals surface area (Å²) in [5.74, 6) is -0.133. The third kappa shape index (κ3) is 4.41. The van der Waals surface area contributed by atoms with E-state index in [4.69, 9.17) is 4.74 Å². The van der Waals surface area contributed by atoms with Crippen LogP contribution in [0.15, 0.2) is 23.4 Å². The van der Waals surface area contributed by atoms with Crippen LogP contribution in [0.1, 0.15) is 34.1 Å². The van der Waals surface area contributed by atoms with E-state index in [1.165, 1.54) is 22.9 Å². The first-order valence-electron chi connectivity index (χ1n) is 7.31. The Labute approximate surface area is 140 Å². The molecule has 7 heteroatoms. The van der Waals surface area contributed by atoms with Gasteiger partial charge in [-0.05, 0) is 38.2 Å². The Hall–Kier alpha value is -2.15. The highest BCUT2D eigenvalue weighted by atomic mass is 32.2. The van der Waals surface area contributed by atoms with Gasteiger partial charge in [0, 0.05) is 6.54 Å². The zero-order valence-electron chi connectivity index (χ0n) is 13.7. The molecule has 0 saturated carbocycles. The Morgan fingerprint density at radius 2 is 2.09 bits per heavy atom. The summed E-state index contributed by atoms with van der Waals surface area (Å²) in [6.07, 6.45) is 1.86. The van der Waals surface area contributed by atoms with E-state index in [-0.39, 0.29) is 12.3 Å². The fraction of sp³-hybridized carbons (Fsp3) is 0.375. The van der Waals surface area contributed by atoms with Gasteiger partial charge < -0.3 is 10.1 Å². The lowest BCUT2D eigenvalue weighted by Crippen LogP contribution is -2.15.